The van der Waals surface area contributed by atoms with E-state index in [2.05, 4.69) is 14.8 Å². The molecule has 2 heterocycles. The van der Waals surface area contributed by atoms with Crippen molar-refractivity contribution in [1.82, 2.24) is 9.88 Å². The van der Waals surface area contributed by atoms with Crippen LogP contribution >= 0.6 is 0 Å². The number of nitrogens with zero attached hydrogens (tertiary/aromatic N) is 2. The Morgan fingerprint density at radius 3 is 2.67 bits per heavy atom. The van der Waals surface area contributed by atoms with E-state index < -0.39 is 5.82 Å². The van der Waals surface area contributed by atoms with Crippen molar-refractivity contribution < 1.29 is 4.39 Å². The molecule has 0 bridgehead atoms. The van der Waals surface area contributed by atoms with Gasteiger partial charge in [0.05, 0.1) is 10.9 Å². The molecule has 4 nitrogen and oxygen atoms in total. The zero-order chi connectivity index (χ0) is 14.4. The van der Waals surface area contributed by atoms with Crippen LogP contribution in [-0.4, -0.2) is 30.7 Å². The largest absolute Gasteiger partial charge is 0.369 e. The van der Waals surface area contributed by atoms with Crippen LogP contribution in [0.15, 0.2) is 29.2 Å². The molecule has 2 aliphatic rings. The number of nitrogens with one attached hydrogen (secondary N) is 1. The quantitative estimate of drug-likeness (QED) is 0.916. The number of halogens is 1. The van der Waals surface area contributed by atoms with E-state index >= 15 is 0 Å². The highest BCUT2D eigenvalue weighted by Gasteiger charge is 2.25. The Labute approximate surface area is 122 Å². The summed E-state index contributed by atoms with van der Waals surface area (Å²) < 4.78 is 16.5. The molecule has 1 saturated carbocycles. The van der Waals surface area contributed by atoms with Crippen molar-refractivity contribution in [1.29, 1.82) is 0 Å². The van der Waals surface area contributed by atoms with Gasteiger partial charge < -0.3 is 14.8 Å². The van der Waals surface area contributed by atoms with Crippen LogP contribution in [0.5, 0.6) is 0 Å². The first-order valence-electron chi connectivity index (χ1n) is 7.54. The number of benzene rings is 1. The standard InChI is InChI=1S/C16H18FN3O/c17-13-9-12(19-7-4-18-5-8-19)10-14-16(13)15(21)3-6-20(14)11-1-2-11/h3,6,9-11,18H,1-2,4-5,7-8H2. The smallest absolute Gasteiger partial charge is 0.192 e. The Hall–Kier alpha value is -1.88. The summed E-state index contributed by atoms with van der Waals surface area (Å²) >= 11 is 0. The maximum absolute atomic E-state index is 14.5. The van der Waals surface area contributed by atoms with Gasteiger partial charge in [0.15, 0.2) is 5.43 Å². The normalized spacial score (nSPS) is 19.2. The Balaban J connectivity index is 1.90. The molecule has 1 saturated heterocycles. The predicted molar refractivity (Wildman–Crippen MR) is 81.5 cm³/mol. The van der Waals surface area contributed by atoms with Crippen molar-refractivity contribution in [2.75, 3.05) is 31.1 Å². The van der Waals surface area contributed by atoms with Crippen molar-refractivity contribution in [3.8, 4) is 0 Å². The van der Waals surface area contributed by atoms with Crippen molar-refractivity contribution in [2.45, 2.75) is 18.9 Å². The second-order valence-electron chi connectivity index (χ2n) is 5.88. The number of fused-ring (bicyclic) bond motifs is 1. The lowest BCUT2D eigenvalue weighted by molar-refractivity contribution is 0.585. The number of hydrogen-bond donors (Lipinski definition) is 1. The Morgan fingerprint density at radius 1 is 1.19 bits per heavy atom. The minimum absolute atomic E-state index is 0.225. The number of pyridine rings is 1. The van der Waals surface area contributed by atoms with Crippen LogP contribution in [0.25, 0.3) is 10.9 Å². The van der Waals surface area contributed by atoms with Crippen molar-refractivity contribution in [3.63, 3.8) is 0 Å². The average Bonchev–Trinajstić information content (AvgIpc) is 3.32. The molecule has 2 fully saturated rings. The van der Waals surface area contributed by atoms with Gasteiger partial charge in [-0.1, -0.05) is 0 Å². The average molecular weight is 287 g/mol. The van der Waals surface area contributed by atoms with Gasteiger partial charge in [0.1, 0.15) is 5.82 Å². The molecule has 1 aromatic heterocycles. The highest BCUT2D eigenvalue weighted by molar-refractivity contribution is 5.83. The van der Waals surface area contributed by atoms with Crippen LogP contribution in [0.3, 0.4) is 0 Å². The Morgan fingerprint density at radius 2 is 1.95 bits per heavy atom. The number of anilines is 1. The lowest BCUT2D eigenvalue weighted by Crippen LogP contribution is -2.43. The van der Waals surface area contributed by atoms with E-state index in [1.54, 1.807) is 0 Å². The fourth-order valence-electron chi connectivity index (χ4n) is 3.11. The topological polar surface area (TPSA) is 37.3 Å². The lowest BCUT2D eigenvalue weighted by atomic mass is 10.1. The van der Waals surface area contributed by atoms with Gasteiger partial charge in [0.2, 0.25) is 0 Å². The second kappa shape index (κ2) is 4.84. The van der Waals surface area contributed by atoms with E-state index in [1.165, 1.54) is 12.1 Å². The minimum atomic E-state index is -0.402. The molecule has 0 spiro atoms. The van der Waals surface area contributed by atoms with Crippen LogP contribution in [0.4, 0.5) is 10.1 Å². The third-order valence-corrected chi connectivity index (χ3v) is 4.39. The van der Waals surface area contributed by atoms with Crippen LogP contribution in [0.1, 0.15) is 18.9 Å². The third-order valence-electron chi connectivity index (χ3n) is 4.39. The van der Waals surface area contributed by atoms with Gasteiger partial charge in [-0.25, -0.2) is 4.39 Å². The van der Waals surface area contributed by atoms with Gasteiger partial charge in [-0.3, -0.25) is 4.79 Å². The molecule has 21 heavy (non-hydrogen) atoms. The second-order valence-corrected chi connectivity index (χ2v) is 5.88. The summed E-state index contributed by atoms with van der Waals surface area (Å²) in [7, 11) is 0. The number of aromatic nitrogens is 1. The van der Waals surface area contributed by atoms with Crippen LogP contribution in [0.2, 0.25) is 0 Å². The first kappa shape index (κ1) is 12.8. The van der Waals surface area contributed by atoms with Gasteiger partial charge in [0, 0.05) is 50.2 Å². The molecule has 4 rings (SSSR count). The molecular formula is C16H18FN3O. The first-order chi connectivity index (χ1) is 10.2. The minimum Gasteiger partial charge on any atom is -0.369 e. The van der Waals surface area contributed by atoms with E-state index in [0.29, 0.717) is 6.04 Å². The zero-order valence-corrected chi connectivity index (χ0v) is 11.8. The summed E-state index contributed by atoms with van der Waals surface area (Å²) in [6.45, 7) is 3.55. The van der Waals surface area contributed by atoms with Crippen LogP contribution < -0.4 is 15.6 Å². The van der Waals surface area contributed by atoms with Gasteiger partial charge in [-0.15, -0.1) is 0 Å². The Kier molecular flexibility index (Phi) is 2.96. The molecule has 0 radical (unpaired) electrons. The van der Waals surface area contributed by atoms with Gasteiger partial charge >= 0.3 is 0 Å². The monoisotopic (exact) mass is 287 g/mol. The van der Waals surface area contributed by atoms with Gasteiger partial charge in [-0.05, 0) is 25.0 Å². The summed E-state index contributed by atoms with van der Waals surface area (Å²) in [6.07, 6.45) is 4.03. The highest BCUT2D eigenvalue weighted by atomic mass is 19.1. The highest BCUT2D eigenvalue weighted by Crippen LogP contribution is 2.37. The predicted octanol–water partition coefficient (Wildman–Crippen LogP) is 1.89. The van der Waals surface area contributed by atoms with E-state index in [4.69, 9.17) is 0 Å². The molecule has 1 N–H and O–H groups in total. The first-order valence-corrected chi connectivity index (χ1v) is 7.54. The zero-order valence-electron chi connectivity index (χ0n) is 11.8. The lowest BCUT2D eigenvalue weighted by Gasteiger charge is -2.30. The molecule has 0 atom stereocenters. The molecule has 110 valence electrons. The fraction of sp³-hybridized carbons (Fsp3) is 0.438. The molecule has 2 aromatic rings. The van der Waals surface area contributed by atoms with Crippen LogP contribution in [-0.2, 0) is 0 Å². The summed E-state index contributed by atoms with van der Waals surface area (Å²) in [5, 5.41) is 3.52. The van der Waals surface area contributed by atoms with E-state index in [9.17, 15) is 9.18 Å². The maximum atomic E-state index is 14.5. The summed E-state index contributed by atoms with van der Waals surface area (Å²) in [6, 6.07) is 5.38. The van der Waals surface area contributed by atoms with Crippen LogP contribution in [0, 0.1) is 5.82 Å². The van der Waals surface area contributed by atoms with E-state index in [0.717, 1.165) is 50.2 Å². The molecular weight excluding hydrogens is 269 g/mol. The SMILES string of the molecule is O=c1ccn(C2CC2)c2cc(N3CCNCC3)cc(F)c12. The molecule has 1 aromatic carbocycles. The number of rotatable bonds is 2. The fourth-order valence-corrected chi connectivity index (χ4v) is 3.11. The maximum Gasteiger partial charge on any atom is 0.192 e. The number of piperazine rings is 1. The van der Waals surface area contributed by atoms with Gasteiger partial charge in [0.25, 0.3) is 0 Å². The summed E-state index contributed by atoms with van der Waals surface area (Å²) in [5.74, 6) is -0.402. The van der Waals surface area contributed by atoms with Crippen molar-refractivity contribution in [2.24, 2.45) is 0 Å². The van der Waals surface area contributed by atoms with E-state index in [1.807, 2.05) is 12.3 Å². The van der Waals surface area contributed by atoms with Crippen molar-refractivity contribution >= 4 is 16.6 Å². The van der Waals surface area contributed by atoms with E-state index in [-0.39, 0.29) is 10.8 Å². The third kappa shape index (κ3) is 2.21. The molecule has 5 heteroatoms. The summed E-state index contributed by atoms with van der Waals surface area (Å²) in [4.78, 5) is 14.2. The summed E-state index contributed by atoms with van der Waals surface area (Å²) in [5.41, 5.74) is 1.38. The molecule has 0 unspecified atom stereocenters. The molecule has 1 aliphatic carbocycles. The van der Waals surface area contributed by atoms with Crippen molar-refractivity contribution in [3.05, 3.63) is 40.4 Å². The Bertz CT molecular complexity index is 745. The molecule has 1 aliphatic heterocycles. The molecule has 0 amide bonds. The number of hydrogen-bond acceptors (Lipinski definition) is 3. The van der Waals surface area contributed by atoms with Gasteiger partial charge in [-0.2, -0.15) is 0 Å².